The van der Waals surface area contributed by atoms with Gasteiger partial charge in [-0.15, -0.1) is 0 Å². The summed E-state index contributed by atoms with van der Waals surface area (Å²) in [4.78, 5) is 18.2. The minimum atomic E-state index is 0.283. The molecular weight excluding hydrogens is 276 g/mol. The van der Waals surface area contributed by atoms with Gasteiger partial charge in [0.15, 0.2) is 17.3 Å². The van der Waals surface area contributed by atoms with E-state index in [1.54, 1.807) is 12.5 Å². The first kappa shape index (κ1) is 14.4. The summed E-state index contributed by atoms with van der Waals surface area (Å²) < 4.78 is 2.00. The fourth-order valence-electron chi connectivity index (χ4n) is 2.29. The topological polar surface area (TPSA) is 68.5 Å². The number of rotatable bonds is 5. The molecule has 6 nitrogen and oxygen atoms in total. The molecule has 0 unspecified atom stereocenters. The summed E-state index contributed by atoms with van der Waals surface area (Å²) in [5, 5.41) is 3.25. The summed E-state index contributed by atoms with van der Waals surface area (Å²) >= 11 is 0. The minimum absolute atomic E-state index is 0.283. The van der Waals surface area contributed by atoms with Gasteiger partial charge in [-0.2, -0.15) is 0 Å². The summed E-state index contributed by atoms with van der Waals surface area (Å²) in [6.07, 6.45) is 3.59. The highest BCUT2D eigenvalue weighted by molar-refractivity contribution is 5.67. The lowest BCUT2D eigenvalue weighted by atomic mass is 10.2. The van der Waals surface area contributed by atoms with E-state index in [0.29, 0.717) is 6.54 Å². The summed E-state index contributed by atoms with van der Waals surface area (Å²) in [6.45, 7) is 7.67. The zero-order valence-corrected chi connectivity index (χ0v) is 13.1. The van der Waals surface area contributed by atoms with Gasteiger partial charge in [-0.3, -0.25) is 4.98 Å². The third-order valence-electron chi connectivity index (χ3n) is 3.40. The number of anilines is 1. The third kappa shape index (κ3) is 2.77. The molecule has 0 spiro atoms. The molecule has 114 valence electrons. The molecular formula is C16H20N6. The third-order valence-corrected chi connectivity index (χ3v) is 3.40. The molecule has 1 aromatic heterocycles. The number of aromatic nitrogens is 5. The molecule has 2 aliphatic rings. The van der Waals surface area contributed by atoms with E-state index in [2.05, 4.69) is 34.1 Å². The molecule has 0 radical (unpaired) electrons. The van der Waals surface area contributed by atoms with E-state index in [-0.39, 0.29) is 5.92 Å². The Morgan fingerprint density at radius 1 is 1.18 bits per heavy atom. The van der Waals surface area contributed by atoms with E-state index in [1.807, 2.05) is 29.7 Å². The van der Waals surface area contributed by atoms with Crippen LogP contribution in [0.1, 0.15) is 38.2 Å². The van der Waals surface area contributed by atoms with Crippen LogP contribution in [-0.4, -0.2) is 31.0 Å². The second kappa shape index (κ2) is 6.09. The van der Waals surface area contributed by atoms with Gasteiger partial charge in [-0.05, 0) is 19.1 Å². The van der Waals surface area contributed by atoms with Crippen LogP contribution in [0.25, 0.3) is 11.5 Å². The number of pyridine rings is 1. The maximum absolute atomic E-state index is 4.70. The summed E-state index contributed by atoms with van der Waals surface area (Å²) in [5.41, 5.74) is 1.80. The number of nitrogens with one attached hydrogen (secondary N) is 1. The van der Waals surface area contributed by atoms with Crippen molar-refractivity contribution >= 4 is 5.82 Å². The van der Waals surface area contributed by atoms with Crippen molar-refractivity contribution in [2.75, 3.05) is 11.9 Å². The van der Waals surface area contributed by atoms with Crippen molar-refractivity contribution in [3.05, 3.63) is 42.2 Å². The molecule has 0 amide bonds. The summed E-state index contributed by atoms with van der Waals surface area (Å²) in [6, 6.07) is 5.89. The zero-order chi connectivity index (χ0) is 15.5. The van der Waals surface area contributed by atoms with Crippen LogP contribution in [-0.2, 0) is 6.54 Å². The Hall–Kier alpha value is -2.50. The van der Waals surface area contributed by atoms with Gasteiger partial charge in [-0.1, -0.05) is 19.9 Å². The molecule has 0 aliphatic carbocycles. The smallest absolute Gasteiger partial charge is 0.166 e. The van der Waals surface area contributed by atoms with E-state index < -0.39 is 0 Å². The lowest BCUT2D eigenvalue weighted by Gasteiger charge is -2.13. The Morgan fingerprint density at radius 2 is 2.05 bits per heavy atom. The first-order valence-electron chi connectivity index (χ1n) is 7.55. The molecule has 3 heterocycles. The average molecular weight is 296 g/mol. The quantitative estimate of drug-likeness (QED) is 0.784. The first-order valence-corrected chi connectivity index (χ1v) is 7.55. The van der Waals surface area contributed by atoms with E-state index in [9.17, 15) is 0 Å². The number of imidazole rings is 1. The maximum atomic E-state index is 4.70. The molecule has 22 heavy (non-hydrogen) atoms. The van der Waals surface area contributed by atoms with E-state index in [0.717, 1.165) is 35.4 Å². The Labute approximate surface area is 130 Å². The minimum Gasteiger partial charge on any atom is -0.368 e. The van der Waals surface area contributed by atoms with Gasteiger partial charge in [0.2, 0.25) is 0 Å². The number of hydrogen-bond donors (Lipinski definition) is 1. The van der Waals surface area contributed by atoms with Crippen LogP contribution in [0, 0.1) is 0 Å². The highest BCUT2D eigenvalue weighted by atomic mass is 15.2. The van der Waals surface area contributed by atoms with Crippen molar-refractivity contribution in [1.82, 2.24) is 24.5 Å². The van der Waals surface area contributed by atoms with Crippen LogP contribution in [0.3, 0.4) is 0 Å². The second-order valence-electron chi connectivity index (χ2n) is 5.48. The normalized spacial score (nSPS) is 11.3. The van der Waals surface area contributed by atoms with E-state index in [4.69, 9.17) is 4.98 Å². The Balaban J connectivity index is 2.05. The predicted molar refractivity (Wildman–Crippen MR) is 86.0 cm³/mol. The molecule has 0 aromatic carbocycles. The van der Waals surface area contributed by atoms with Crippen LogP contribution in [0.15, 0.2) is 30.7 Å². The molecule has 1 aromatic rings. The van der Waals surface area contributed by atoms with E-state index >= 15 is 0 Å². The lowest BCUT2D eigenvalue weighted by Crippen LogP contribution is -2.11. The fourth-order valence-corrected chi connectivity index (χ4v) is 2.29. The molecule has 2 aliphatic heterocycles. The summed E-state index contributed by atoms with van der Waals surface area (Å²) in [7, 11) is 0. The second-order valence-corrected chi connectivity index (χ2v) is 5.48. The van der Waals surface area contributed by atoms with E-state index in [1.165, 1.54) is 0 Å². The number of nitrogens with zero attached hydrogens (tertiary/aromatic N) is 5. The maximum Gasteiger partial charge on any atom is 0.166 e. The first-order chi connectivity index (χ1) is 10.7. The van der Waals surface area contributed by atoms with Gasteiger partial charge in [-0.25, -0.2) is 15.0 Å². The SMILES string of the molecule is CCNc1ncn(Cc2ccccn2)c2nc(C(C)C)nc1-2. The van der Waals surface area contributed by atoms with Crippen molar-refractivity contribution in [3.8, 4) is 11.5 Å². The summed E-state index contributed by atoms with van der Waals surface area (Å²) in [5.74, 6) is 2.76. The standard InChI is InChI=1S/C16H20N6/c1-4-17-15-13-16(21-14(20-13)11(2)3)22(10-19-15)9-12-7-5-6-8-18-12/h5-8,10-11,17H,4,9H2,1-3H3. The van der Waals surface area contributed by atoms with Crippen molar-refractivity contribution in [1.29, 1.82) is 0 Å². The van der Waals surface area contributed by atoms with Crippen LogP contribution in [0.5, 0.6) is 0 Å². The molecule has 0 saturated carbocycles. The Kier molecular flexibility index (Phi) is 4.00. The largest absolute Gasteiger partial charge is 0.368 e. The van der Waals surface area contributed by atoms with Crippen molar-refractivity contribution in [3.63, 3.8) is 0 Å². The van der Waals surface area contributed by atoms with Gasteiger partial charge >= 0.3 is 0 Å². The van der Waals surface area contributed by atoms with Gasteiger partial charge in [0, 0.05) is 18.7 Å². The van der Waals surface area contributed by atoms with Gasteiger partial charge in [0.05, 0.1) is 18.6 Å². The zero-order valence-electron chi connectivity index (χ0n) is 13.1. The van der Waals surface area contributed by atoms with Gasteiger partial charge in [0.1, 0.15) is 5.82 Å². The Morgan fingerprint density at radius 3 is 2.73 bits per heavy atom. The highest BCUT2D eigenvalue weighted by Gasteiger charge is 2.21. The lowest BCUT2D eigenvalue weighted by molar-refractivity contribution is 0.736. The highest BCUT2D eigenvalue weighted by Crippen LogP contribution is 2.28. The predicted octanol–water partition coefficient (Wildman–Crippen LogP) is 2.78. The Bertz CT molecular complexity index is 719. The van der Waals surface area contributed by atoms with Gasteiger partial charge in [0.25, 0.3) is 0 Å². The number of fused-ring (bicyclic) bond motifs is 1. The van der Waals surface area contributed by atoms with Crippen LogP contribution in [0.2, 0.25) is 0 Å². The molecule has 0 bridgehead atoms. The van der Waals surface area contributed by atoms with Crippen LogP contribution >= 0.6 is 0 Å². The van der Waals surface area contributed by atoms with Crippen molar-refractivity contribution in [2.24, 2.45) is 0 Å². The molecule has 6 heteroatoms. The van der Waals surface area contributed by atoms with Crippen LogP contribution in [0.4, 0.5) is 5.82 Å². The fraction of sp³-hybridized carbons (Fsp3) is 0.375. The van der Waals surface area contributed by atoms with Crippen molar-refractivity contribution in [2.45, 2.75) is 33.2 Å². The monoisotopic (exact) mass is 296 g/mol. The molecule has 0 atom stereocenters. The van der Waals surface area contributed by atoms with Crippen molar-refractivity contribution < 1.29 is 0 Å². The van der Waals surface area contributed by atoms with Gasteiger partial charge < -0.3 is 9.88 Å². The molecule has 0 saturated heterocycles. The molecule has 0 fully saturated rings. The molecule has 1 N–H and O–H groups in total. The van der Waals surface area contributed by atoms with Crippen LogP contribution < -0.4 is 5.32 Å². The average Bonchev–Trinajstić information content (AvgIpc) is 2.97. The molecule has 3 rings (SSSR count). The number of hydrogen-bond acceptors (Lipinski definition) is 5.